The molecule has 1 heterocycles. The molecule has 0 saturated carbocycles. The van der Waals surface area contributed by atoms with Gasteiger partial charge in [-0.05, 0) is 50.1 Å². The fourth-order valence-electron chi connectivity index (χ4n) is 2.59. The van der Waals surface area contributed by atoms with Crippen molar-refractivity contribution in [2.45, 2.75) is 32.3 Å². The highest BCUT2D eigenvalue weighted by Gasteiger charge is 2.12. The first kappa shape index (κ1) is 19.9. The van der Waals surface area contributed by atoms with Crippen LogP contribution in [0.1, 0.15) is 24.5 Å². The number of carbonyl (C=O) groups is 1. The van der Waals surface area contributed by atoms with Gasteiger partial charge in [-0.25, -0.2) is 0 Å². The summed E-state index contributed by atoms with van der Waals surface area (Å²) in [4.78, 5) is 12.5. The van der Waals surface area contributed by atoms with Gasteiger partial charge in [-0.15, -0.1) is 10.2 Å². The summed E-state index contributed by atoms with van der Waals surface area (Å²) in [6, 6.07) is 13.8. The third-order valence-corrected chi connectivity index (χ3v) is 4.98. The van der Waals surface area contributed by atoms with Crippen LogP contribution in [0.5, 0.6) is 5.75 Å². The van der Waals surface area contributed by atoms with Crippen LogP contribution in [0.15, 0.2) is 53.9 Å². The molecule has 7 heteroatoms. The van der Waals surface area contributed by atoms with E-state index in [1.807, 2.05) is 60.9 Å². The van der Waals surface area contributed by atoms with Crippen LogP contribution < -0.4 is 10.1 Å². The van der Waals surface area contributed by atoms with Gasteiger partial charge in [0.15, 0.2) is 5.16 Å². The summed E-state index contributed by atoms with van der Waals surface area (Å²) < 4.78 is 7.63. The molecule has 0 aliphatic heterocycles. The van der Waals surface area contributed by atoms with Crippen LogP contribution in [-0.2, 0) is 4.79 Å². The van der Waals surface area contributed by atoms with E-state index in [2.05, 4.69) is 22.4 Å². The van der Waals surface area contributed by atoms with E-state index in [1.54, 1.807) is 6.33 Å². The van der Waals surface area contributed by atoms with Gasteiger partial charge in [0, 0.05) is 5.69 Å². The third-order valence-electron chi connectivity index (χ3n) is 4.03. The summed E-state index contributed by atoms with van der Waals surface area (Å²) in [5.74, 6) is 0.808. The summed E-state index contributed by atoms with van der Waals surface area (Å²) in [5.41, 5.74) is 3.92. The molecule has 0 spiro atoms. The lowest BCUT2D eigenvalue weighted by atomic mass is 10.2. The number of hydrogen-bond acceptors (Lipinski definition) is 5. The number of amides is 1. The maximum atomic E-state index is 12.5. The van der Waals surface area contributed by atoms with Gasteiger partial charge in [-0.3, -0.25) is 9.36 Å². The van der Waals surface area contributed by atoms with Crippen LogP contribution in [0.4, 0.5) is 5.69 Å². The van der Waals surface area contributed by atoms with Gasteiger partial charge in [0.1, 0.15) is 12.1 Å². The number of hydrogen-bond donors (Lipinski definition) is 1. The van der Waals surface area contributed by atoms with Gasteiger partial charge >= 0.3 is 0 Å². The van der Waals surface area contributed by atoms with Crippen molar-refractivity contribution in [3.8, 4) is 11.4 Å². The van der Waals surface area contributed by atoms with Crippen LogP contribution in [0, 0.1) is 13.8 Å². The molecule has 3 aromatic rings. The first-order chi connectivity index (χ1) is 13.6. The predicted octanol–water partition coefficient (Wildman–Crippen LogP) is 4.40. The van der Waals surface area contributed by atoms with E-state index < -0.39 is 0 Å². The molecule has 0 saturated heterocycles. The summed E-state index contributed by atoms with van der Waals surface area (Å²) >= 11 is 1.34. The third kappa shape index (κ3) is 5.13. The maximum absolute atomic E-state index is 12.5. The second kappa shape index (κ2) is 9.41. The van der Waals surface area contributed by atoms with E-state index >= 15 is 0 Å². The van der Waals surface area contributed by atoms with E-state index in [0.717, 1.165) is 17.7 Å². The van der Waals surface area contributed by atoms with Gasteiger partial charge in [0.05, 0.1) is 18.0 Å². The molecule has 1 aromatic heterocycles. The fourth-order valence-corrected chi connectivity index (χ4v) is 3.31. The number of nitrogens with one attached hydrogen (secondary N) is 1. The molecule has 0 radical (unpaired) electrons. The average Bonchev–Trinajstić information content (AvgIpc) is 3.15. The Hall–Kier alpha value is -2.80. The van der Waals surface area contributed by atoms with E-state index in [-0.39, 0.29) is 11.7 Å². The number of aryl methyl sites for hydroxylation is 2. The molecule has 2 aromatic carbocycles. The normalized spacial score (nSPS) is 10.7. The lowest BCUT2D eigenvalue weighted by molar-refractivity contribution is -0.113. The number of aromatic nitrogens is 3. The summed E-state index contributed by atoms with van der Waals surface area (Å²) in [6.45, 7) is 6.70. The molecule has 0 fully saturated rings. The Morgan fingerprint density at radius 1 is 1.14 bits per heavy atom. The van der Waals surface area contributed by atoms with Crippen LogP contribution >= 0.6 is 11.8 Å². The zero-order chi connectivity index (χ0) is 19.9. The lowest BCUT2D eigenvalue weighted by Gasteiger charge is -2.13. The van der Waals surface area contributed by atoms with Crippen molar-refractivity contribution in [2.24, 2.45) is 0 Å². The van der Waals surface area contributed by atoms with Gasteiger partial charge < -0.3 is 10.1 Å². The quantitative estimate of drug-likeness (QED) is 0.572. The van der Waals surface area contributed by atoms with Crippen LogP contribution in [0.3, 0.4) is 0 Å². The maximum Gasteiger partial charge on any atom is 0.234 e. The topological polar surface area (TPSA) is 69.0 Å². The molecule has 1 N–H and O–H groups in total. The van der Waals surface area contributed by atoms with E-state index in [0.29, 0.717) is 23.2 Å². The van der Waals surface area contributed by atoms with Crippen molar-refractivity contribution in [2.75, 3.05) is 17.7 Å². The highest BCUT2D eigenvalue weighted by Crippen LogP contribution is 2.27. The summed E-state index contributed by atoms with van der Waals surface area (Å²) in [6.07, 6.45) is 2.56. The van der Waals surface area contributed by atoms with Crippen molar-refractivity contribution in [3.05, 3.63) is 59.9 Å². The molecule has 146 valence electrons. The first-order valence-corrected chi connectivity index (χ1v) is 10.2. The SMILES string of the molecule is CCCOc1cc(C)ccc1NC(=O)CSc1nncn1-c1ccc(C)cc1. The Balaban J connectivity index is 1.64. The number of nitrogens with zero attached hydrogens (tertiary/aromatic N) is 3. The molecule has 3 rings (SSSR count). The monoisotopic (exact) mass is 396 g/mol. The van der Waals surface area contributed by atoms with Gasteiger partial charge in [-0.2, -0.15) is 0 Å². The molecule has 6 nitrogen and oxygen atoms in total. The molecular weight excluding hydrogens is 372 g/mol. The smallest absolute Gasteiger partial charge is 0.234 e. The number of thioether (sulfide) groups is 1. The molecule has 28 heavy (non-hydrogen) atoms. The average molecular weight is 397 g/mol. The number of anilines is 1. The van der Waals surface area contributed by atoms with Crippen molar-refractivity contribution >= 4 is 23.4 Å². The molecule has 0 bridgehead atoms. The number of ether oxygens (including phenoxy) is 1. The van der Waals surface area contributed by atoms with Crippen LogP contribution in [-0.4, -0.2) is 33.0 Å². The van der Waals surface area contributed by atoms with Crippen LogP contribution in [0.2, 0.25) is 0 Å². The molecular formula is C21H24N4O2S. The Kier molecular flexibility index (Phi) is 6.71. The first-order valence-electron chi connectivity index (χ1n) is 9.20. The van der Waals surface area contributed by atoms with E-state index in [1.165, 1.54) is 17.3 Å². The Labute approximate surface area is 169 Å². The minimum atomic E-state index is -0.117. The summed E-state index contributed by atoms with van der Waals surface area (Å²) in [5, 5.41) is 11.7. The second-order valence-electron chi connectivity index (χ2n) is 6.50. The van der Waals surface area contributed by atoms with Crippen molar-refractivity contribution < 1.29 is 9.53 Å². The van der Waals surface area contributed by atoms with Crippen LogP contribution in [0.25, 0.3) is 5.69 Å². The number of benzene rings is 2. The van der Waals surface area contributed by atoms with E-state index in [4.69, 9.17) is 4.74 Å². The van der Waals surface area contributed by atoms with Gasteiger partial charge in [0.25, 0.3) is 0 Å². The molecule has 0 atom stereocenters. The summed E-state index contributed by atoms with van der Waals surface area (Å²) in [7, 11) is 0. The molecule has 1 amide bonds. The molecule has 0 aliphatic rings. The zero-order valence-electron chi connectivity index (χ0n) is 16.3. The largest absolute Gasteiger partial charge is 0.491 e. The zero-order valence-corrected chi connectivity index (χ0v) is 17.1. The van der Waals surface area contributed by atoms with E-state index in [9.17, 15) is 4.79 Å². The minimum absolute atomic E-state index is 0.117. The van der Waals surface area contributed by atoms with Crippen molar-refractivity contribution in [1.29, 1.82) is 0 Å². The highest BCUT2D eigenvalue weighted by atomic mass is 32.2. The predicted molar refractivity (Wildman–Crippen MR) is 112 cm³/mol. The number of carbonyl (C=O) groups excluding carboxylic acids is 1. The lowest BCUT2D eigenvalue weighted by Crippen LogP contribution is -2.15. The Bertz CT molecular complexity index is 938. The van der Waals surface area contributed by atoms with Crippen molar-refractivity contribution in [1.82, 2.24) is 14.8 Å². The minimum Gasteiger partial charge on any atom is -0.491 e. The fraction of sp³-hybridized carbons (Fsp3) is 0.286. The van der Waals surface area contributed by atoms with Crippen molar-refractivity contribution in [3.63, 3.8) is 0 Å². The number of rotatable bonds is 8. The Morgan fingerprint density at radius 3 is 2.64 bits per heavy atom. The molecule has 0 unspecified atom stereocenters. The van der Waals surface area contributed by atoms with Gasteiger partial charge in [-0.1, -0.05) is 42.4 Å². The molecule has 0 aliphatic carbocycles. The Morgan fingerprint density at radius 2 is 1.89 bits per heavy atom. The standard InChI is InChI=1S/C21H24N4O2S/c1-4-11-27-19-12-16(3)7-10-18(19)23-20(26)13-28-21-24-22-14-25(21)17-8-5-15(2)6-9-17/h5-10,12,14H,4,11,13H2,1-3H3,(H,23,26). The van der Waals surface area contributed by atoms with Gasteiger partial charge in [0.2, 0.25) is 5.91 Å². The second-order valence-corrected chi connectivity index (χ2v) is 7.45. The highest BCUT2D eigenvalue weighted by molar-refractivity contribution is 7.99.